The minimum Gasteiger partial charge on any atom is -0.461 e. The molecule has 0 saturated heterocycles. The van der Waals surface area contributed by atoms with Crippen molar-refractivity contribution in [3.05, 3.63) is 77.9 Å². The predicted octanol–water partition coefficient (Wildman–Crippen LogP) is 5.05. The highest BCUT2D eigenvalue weighted by Crippen LogP contribution is 2.30. The molecule has 1 amide bonds. The summed E-state index contributed by atoms with van der Waals surface area (Å²) in [5.74, 6) is -1.79. The van der Waals surface area contributed by atoms with Crippen molar-refractivity contribution in [1.29, 1.82) is 0 Å². The van der Waals surface area contributed by atoms with E-state index in [2.05, 4.69) is 11.9 Å². The molecule has 0 saturated carbocycles. The quantitative estimate of drug-likeness (QED) is 0.480. The molecule has 3 rings (SSSR count). The van der Waals surface area contributed by atoms with E-state index < -0.39 is 23.7 Å². The van der Waals surface area contributed by atoms with Crippen molar-refractivity contribution in [2.45, 2.75) is 13.3 Å². The third-order valence-electron chi connectivity index (χ3n) is 4.94. The summed E-state index contributed by atoms with van der Waals surface area (Å²) in [5, 5.41) is 2.75. The first-order valence-corrected chi connectivity index (χ1v) is 10.1. The number of para-hydroxylation sites is 1. The van der Waals surface area contributed by atoms with Crippen LogP contribution in [0.1, 0.15) is 18.9 Å². The smallest absolute Gasteiger partial charge is 0.410 e. The molecule has 0 bridgehead atoms. The van der Waals surface area contributed by atoms with Gasteiger partial charge in [-0.25, -0.2) is 13.6 Å². The fourth-order valence-corrected chi connectivity index (χ4v) is 3.39. The summed E-state index contributed by atoms with van der Waals surface area (Å²) in [6.07, 6.45) is 1.57. The minimum atomic E-state index is -0.684. The zero-order valence-corrected chi connectivity index (χ0v) is 17.7. The summed E-state index contributed by atoms with van der Waals surface area (Å²) in [4.78, 5) is 25.1. The Morgan fingerprint density at radius 2 is 1.81 bits per heavy atom. The maximum atomic E-state index is 13.9. The van der Waals surface area contributed by atoms with Crippen molar-refractivity contribution in [2.24, 2.45) is 0 Å². The van der Waals surface area contributed by atoms with Gasteiger partial charge in [0.1, 0.15) is 30.5 Å². The number of halogens is 2. The van der Waals surface area contributed by atoms with E-state index in [1.54, 1.807) is 17.0 Å². The second-order valence-corrected chi connectivity index (χ2v) is 7.20. The molecule has 0 spiro atoms. The molecular weight excluding hydrogens is 418 g/mol. The number of esters is 1. The minimum absolute atomic E-state index is 0.0519. The van der Waals surface area contributed by atoms with Crippen molar-refractivity contribution in [3.63, 3.8) is 0 Å². The molecule has 0 unspecified atom stereocenters. The highest BCUT2D eigenvalue weighted by atomic mass is 19.1. The van der Waals surface area contributed by atoms with Gasteiger partial charge in [-0.15, -0.1) is 0 Å². The van der Waals surface area contributed by atoms with Gasteiger partial charge in [-0.1, -0.05) is 30.9 Å². The first-order valence-electron chi connectivity index (χ1n) is 10.1. The van der Waals surface area contributed by atoms with Gasteiger partial charge in [0.25, 0.3) is 0 Å². The maximum Gasteiger partial charge on any atom is 0.410 e. The number of ether oxygens (including phenoxy) is 2. The van der Waals surface area contributed by atoms with Crippen LogP contribution < -0.4 is 5.32 Å². The summed E-state index contributed by atoms with van der Waals surface area (Å²) in [6, 6.07) is 10.7. The van der Waals surface area contributed by atoms with Crippen LogP contribution in [-0.4, -0.2) is 43.3 Å². The number of amides is 1. The molecule has 1 aliphatic rings. The fourth-order valence-electron chi connectivity index (χ4n) is 3.39. The van der Waals surface area contributed by atoms with Gasteiger partial charge in [0.15, 0.2) is 0 Å². The number of anilines is 2. The predicted molar refractivity (Wildman–Crippen MR) is 117 cm³/mol. The van der Waals surface area contributed by atoms with Crippen LogP contribution in [-0.2, 0) is 14.3 Å². The van der Waals surface area contributed by atoms with Gasteiger partial charge in [-0.05, 0) is 47.4 Å². The van der Waals surface area contributed by atoms with E-state index in [4.69, 9.17) is 9.47 Å². The van der Waals surface area contributed by atoms with Gasteiger partial charge in [-0.2, -0.15) is 0 Å². The monoisotopic (exact) mass is 442 g/mol. The molecule has 0 fully saturated rings. The molecule has 8 heteroatoms. The molecule has 0 atom stereocenters. The highest BCUT2D eigenvalue weighted by molar-refractivity contribution is 5.76. The van der Waals surface area contributed by atoms with Crippen LogP contribution in [0.5, 0.6) is 0 Å². The molecular formula is C24H24F2N2O4. The van der Waals surface area contributed by atoms with Crippen LogP contribution in [0.3, 0.4) is 0 Å². The normalized spacial score (nSPS) is 13.5. The number of benzene rings is 2. The molecule has 2 aromatic carbocycles. The van der Waals surface area contributed by atoms with Crippen molar-refractivity contribution in [1.82, 2.24) is 4.90 Å². The van der Waals surface area contributed by atoms with E-state index in [0.29, 0.717) is 18.7 Å². The third-order valence-corrected chi connectivity index (χ3v) is 4.94. The van der Waals surface area contributed by atoms with Crippen molar-refractivity contribution in [2.75, 3.05) is 31.6 Å². The second kappa shape index (κ2) is 10.6. The summed E-state index contributed by atoms with van der Waals surface area (Å²) >= 11 is 0. The van der Waals surface area contributed by atoms with Gasteiger partial charge in [0, 0.05) is 25.7 Å². The lowest BCUT2D eigenvalue weighted by molar-refractivity contribution is -0.140. The average molecular weight is 442 g/mol. The summed E-state index contributed by atoms with van der Waals surface area (Å²) in [7, 11) is 0. The van der Waals surface area contributed by atoms with Crippen molar-refractivity contribution in [3.8, 4) is 0 Å². The van der Waals surface area contributed by atoms with E-state index in [1.165, 1.54) is 31.2 Å². The highest BCUT2D eigenvalue weighted by Gasteiger charge is 2.25. The van der Waals surface area contributed by atoms with Gasteiger partial charge < -0.3 is 19.7 Å². The topological polar surface area (TPSA) is 67.9 Å². The van der Waals surface area contributed by atoms with Crippen LogP contribution in [0.2, 0.25) is 0 Å². The molecule has 168 valence electrons. The van der Waals surface area contributed by atoms with Crippen molar-refractivity contribution >= 4 is 29.0 Å². The number of hydrogen-bond donors (Lipinski definition) is 1. The molecule has 6 nitrogen and oxygen atoms in total. The summed E-state index contributed by atoms with van der Waals surface area (Å²) < 4.78 is 38.1. The third kappa shape index (κ3) is 5.72. The molecule has 32 heavy (non-hydrogen) atoms. The van der Waals surface area contributed by atoms with E-state index in [-0.39, 0.29) is 25.4 Å². The van der Waals surface area contributed by atoms with Gasteiger partial charge in [-0.3, -0.25) is 4.79 Å². The Balaban J connectivity index is 1.81. The van der Waals surface area contributed by atoms with Gasteiger partial charge in [0.2, 0.25) is 0 Å². The zero-order chi connectivity index (χ0) is 23.1. The Hall–Kier alpha value is -3.68. The Bertz CT molecular complexity index is 1010. The first-order chi connectivity index (χ1) is 15.4. The summed E-state index contributed by atoms with van der Waals surface area (Å²) in [6.45, 7) is 5.72. The van der Waals surface area contributed by atoms with Crippen LogP contribution in [0.25, 0.3) is 5.57 Å². The lowest BCUT2D eigenvalue weighted by atomic mass is 9.93. The van der Waals surface area contributed by atoms with E-state index in [1.807, 2.05) is 12.1 Å². The molecule has 0 aliphatic carbocycles. The largest absolute Gasteiger partial charge is 0.461 e. The molecule has 0 radical (unpaired) electrons. The number of hydrogen-bond acceptors (Lipinski definition) is 5. The number of nitrogens with zero attached hydrogens (tertiary/aromatic N) is 1. The number of nitrogens with one attached hydrogen (secondary N) is 1. The van der Waals surface area contributed by atoms with Crippen LogP contribution in [0, 0.1) is 11.6 Å². The van der Waals surface area contributed by atoms with E-state index in [0.717, 1.165) is 16.7 Å². The molecule has 1 N–H and O–H groups in total. The van der Waals surface area contributed by atoms with Crippen LogP contribution >= 0.6 is 0 Å². The SMILES string of the molecule is C=CCOC(=O)N1CCC(c2ccc(Nc3c(F)cccc3F)cc2)=C(COC(C)=O)C1. The number of carbonyl (C=O) groups excluding carboxylic acids is 2. The lowest BCUT2D eigenvalue weighted by Crippen LogP contribution is -2.38. The molecule has 1 heterocycles. The molecule has 1 aliphatic heterocycles. The molecule has 2 aromatic rings. The van der Waals surface area contributed by atoms with Gasteiger partial charge >= 0.3 is 12.1 Å². The van der Waals surface area contributed by atoms with Crippen molar-refractivity contribution < 1.29 is 27.8 Å². The maximum absolute atomic E-state index is 13.9. The van der Waals surface area contributed by atoms with E-state index >= 15 is 0 Å². The standard InChI is InChI=1S/C24H24F2N2O4/c1-3-13-31-24(30)28-12-11-20(18(14-28)15-32-16(2)29)17-7-9-19(10-8-17)27-23-21(25)5-4-6-22(23)26/h3-10,27H,1,11-15H2,2H3. The Labute approximate surface area is 185 Å². The second-order valence-electron chi connectivity index (χ2n) is 7.20. The Kier molecular flexibility index (Phi) is 7.59. The van der Waals surface area contributed by atoms with Crippen LogP contribution in [0.15, 0.2) is 60.7 Å². The Morgan fingerprint density at radius 3 is 2.44 bits per heavy atom. The first kappa shape index (κ1) is 23.0. The summed E-state index contributed by atoms with van der Waals surface area (Å²) in [5.41, 5.74) is 2.89. The fraction of sp³-hybridized carbons (Fsp3) is 0.250. The lowest BCUT2D eigenvalue weighted by Gasteiger charge is -2.30. The molecule has 0 aromatic heterocycles. The number of carbonyl (C=O) groups is 2. The Morgan fingerprint density at radius 1 is 1.12 bits per heavy atom. The van der Waals surface area contributed by atoms with Gasteiger partial charge in [0.05, 0.1) is 0 Å². The van der Waals surface area contributed by atoms with E-state index in [9.17, 15) is 18.4 Å². The van der Waals surface area contributed by atoms with Crippen LogP contribution in [0.4, 0.5) is 25.0 Å². The zero-order valence-electron chi connectivity index (χ0n) is 17.7. The average Bonchev–Trinajstić information content (AvgIpc) is 2.79. The number of rotatable bonds is 7.